The zero-order chi connectivity index (χ0) is 11.3. The Morgan fingerprint density at radius 1 is 1.13 bits per heavy atom. The van der Waals surface area contributed by atoms with E-state index in [0.29, 0.717) is 5.92 Å². The molecular weight excluding hydrogens is 198 g/mol. The monoisotopic (exact) mass is 219 g/mol. The summed E-state index contributed by atoms with van der Waals surface area (Å²) in [7, 11) is 3.28. The van der Waals surface area contributed by atoms with Crippen molar-refractivity contribution < 1.29 is 0 Å². The molecule has 15 heavy (non-hydrogen) atoms. The molecule has 0 amide bonds. The van der Waals surface area contributed by atoms with Gasteiger partial charge in [-0.15, -0.1) is 0 Å². The maximum atomic E-state index is 2.42. The smallest absolute Gasteiger partial charge is 0.167 e. The molecule has 0 bridgehead atoms. The Labute approximate surface area is 95.1 Å². The predicted molar refractivity (Wildman–Crippen MR) is 70.9 cm³/mol. The van der Waals surface area contributed by atoms with E-state index in [1.54, 1.807) is 0 Å². The van der Waals surface area contributed by atoms with Crippen molar-refractivity contribution in [2.24, 2.45) is 5.92 Å². The van der Waals surface area contributed by atoms with Gasteiger partial charge in [-0.2, -0.15) is 0 Å². The molecule has 0 radical (unpaired) electrons. The number of hydrogen-bond acceptors (Lipinski definition) is 1. The van der Waals surface area contributed by atoms with Gasteiger partial charge in [-0.05, 0) is 25.2 Å². The van der Waals surface area contributed by atoms with Crippen molar-refractivity contribution in [2.45, 2.75) is 13.8 Å². The Kier molecular flexibility index (Phi) is 4.79. The predicted octanol–water partition coefficient (Wildman–Crippen LogP) is 1.93. The van der Waals surface area contributed by atoms with Crippen LogP contribution in [0.25, 0.3) is 0 Å². The number of benzene rings is 1. The largest absolute Gasteiger partial charge is 0.325 e. The van der Waals surface area contributed by atoms with E-state index in [1.807, 2.05) is 0 Å². The summed E-state index contributed by atoms with van der Waals surface area (Å²) in [5.41, 5.74) is 2.42. The van der Waals surface area contributed by atoms with E-state index >= 15 is 0 Å². The molecule has 1 nitrogen and oxygen atoms in total. The Bertz CT molecular complexity index is 304. The van der Waals surface area contributed by atoms with Crippen molar-refractivity contribution in [3.63, 3.8) is 0 Å². The van der Waals surface area contributed by atoms with E-state index in [2.05, 4.69) is 74.6 Å². The van der Waals surface area contributed by atoms with Gasteiger partial charge in [-0.1, -0.05) is 56.0 Å². The summed E-state index contributed by atoms with van der Waals surface area (Å²) in [6, 6.07) is 10.8. The van der Waals surface area contributed by atoms with Gasteiger partial charge in [-0.25, -0.2) is 0 Å². The third-order valence-electron chi connectivity index (χ3n) is 2.38. The summed E-state index contributed by atoms with van der Waals surface area (Å²) in [6.07, 6.45) is 2.32. The van der Waals surface area contributed by atoms with Gasteiger partial charge in [0.25, 0.3) is 0 Å². The normalized spacial score (nSPS) is 14.0. The van der Waals surface area contributed by atoms with Crippen molar-refractivity contribution in [3.05, 3.63) is 42.1 Å². The minimum Gasteiger partial charge on any atom is -0.325 e. The molecule has 1 atom stereocenters. The quantitative estimate of drug-likeness (QED) is 0.700. The zero-order valence-electron chi connectivity index (χ0n) is 10.1. The highest BCUT2D eigenvalue weighted by Crippen LogP contribution is 1.98. The van der Waals surface area contributed by atoms with Crippen LogP contribution in [0.5, 0.6) is 0 Å². The second-order valence-electron chi connectivity index (χ2n) is 4.45. The molecule has 0 saturated carbocycles. The van der Waals surface area contributed by atoms with Gasteiger partial charge in [-0.3, -0.25) is 0 Å². The maximum Gasteiger partial charge on any atom is 0.167 e. The molecule has 0 aromatic heterocycles. The summed E-state index contributed by atoms with van der Waals surface area (Å²) >= 11 is 0. The highest BCUT2D eigenvalue weighted by Gasteiger charge is 2.11. The lowest BCUT2D eigenvalue weighted by molar-refractivity contribution is 0.656. The van der Waals surface area contributed by atoms with Crippen LogP contribution in [0.15, 0.2) is 42.1 Å². The van der Waals surface area contributed by atoms with Crippen LogP contribution in [-0.4, -0.2) is 27.6 Å². The first-order chi connectivity index (χ1) is 7.11. The van der Waals surface area contributed by atoms with Crippen LogP contribution >= 0.6 is 0 Å². The fourth-order valence-electron chi connectivity index (χ4n) is 1.56. The Balaban J connectivity index is 2.84. The molecule has 0 aliphatic carbocycles. The number of rotatable bonds is 4. The minimum absolute atomic E-state index is 0.642. The van der Waals surface area contributed by atoms with Crippen LogP contribution in [0.3, 0.4) is 0 Å². The fourth-order valence-corrected chi connectivity index (χ4v) is 3.99. The van der Waals surface area contributed by atoms with E-state index in [0.717, 1.165) is 0 Å². The molecular formula is C13H21NSi. The molecule has 0 spiro atoms. The van der Waals surface area contributed by atoms with Crippen molar-refractivity contribution in [1.82, 2.24) is 4.57 Å². The lowest BCUT2D eigenvalue weighted by Crippen LogP contribution is -2.42. The maximum absolute atomic E-state index is 2.42. The number of nitrogens with zero attached hydrogens (tertiary/aromatic N) is 1. The van der Waals surface area contributed by atoms with Crippen LogP contribution < -0.4 is 5.19 Å². The Hall–Kier alpha value is -0.863. The molecule has 2 heteroatoms. The van der Waals surface area contributed by atoms with Crippen LogP contribution in [-0.2, 0) is 0 Å². The van der Waals surface area contributed by atoms with E-state index in [4.69, 9.17) is 0 Å². The molecule has 0 heterocycles. The number of allylic oxidation sites excluding steroid dienone is 1. The van der Waals surface area contributed by atoms with Crippen molar-refractivity contribution >= 4 is 14.1 Å². The van der Waals surface area contributed by atoms with Gasteiger partial charge in [0.05, 0.1) is 0 Å². The summed E-state index contributed by atoms with van der Waals surface area (Å²) in [5.74, 6) is 0.642. The Morgan fingerprint density at radius 3 is 2.20 bits per heavy atom. The van der Waals surface area contributed by atoms with Crippen LogP contribution in [0.2, 0.25) is 0 Å². The molecule has 1 unspecified atom stereocenters. The molecule has 1 aromatic carbocycles. The molecule has 0 fully saturated rings. The van der Waals surface area contributed by atoms with Crippen LogP contribution in [0.4, 0.5) is 0 Å². The first-order valence-corrected chi connectivity index (χ1v) is 7.27. The van der Waals surface area contributed by atoms with Gasteiger partial charge in [0.1, 0.15) is 0 Å². The molecule has 0 saturated heterocycles. The summed E-state index contributed by atoms with van der Waals surface area (Å²) in [6.45, 7) is 4.45. The molecule has 0 N–H and O–H groups in total. The van der Waals surface area contributed by atoms with E-state index in [-0.39, 0.29) is 0 Å². The minimum atomic E-state index is -1.07. The van der Waals surface area contributed by atoms with Gasteiger partial charge >= 0.3 is 0 Å². The van der Waals surface area contributed by atoms with Crippen molar-refractivity contribution in [1.29, 1.82) is 0 Å². The third kappa shape index (κ3) is 4.02. The van der Waals surface area contributed by atoms with Gasteiger partial charge in [0.2, 0.25) is 0 Å². The summed E-state index contributed by atoms with van der Waals surface area (Å²) in [5, 5.41) is 1.49. The lowest BCUT2D eigenvalue weighted by Gasteiger charge is -2.19. The van der Waals surface area contributed by atoms with Crippen LogP contribution in [0, 0.1) is 5.92 Å². The van der Waals surface area contributed by atoms with E-state index in [9.17, 15) is 0 Å². The van der Waals surface area contributed by atoms with Crippen molar-refractivity contribution in [3.8, 4) is 0 Å². The number of hydrogen-bond donors (Lipinski definition) is 0. The fraction of sp³-hybridized carbons (Fsp3) is 0.385. The highest BCUT2D eigenvalue weighted by molar-refractivity contribution is 6.75. The van der Waals surface area contributed by atoms with Crippen LogP contribution in [0.1, 0.15) is 13.8 Å². The molecule has 0 aliphatic heterocycles. The lowest BCUT2D eigenvalue weighted by atomic mass is 10.2. The van der Waals surface area contributed by atoms with Gasteiger partial charge in [0, 0.05) is 0 Å². The second kappa shape index (κ2) is 5.88. The summed E-state index contributed by atoms with van der Waals surface area (Å²) in [4.78, 5) is 0. The van der Waals surface area contributed by atoms with Gasteiger partial charge < -0.3 is 4.57 Å². The molecule has 1 rings (SSSR count). The molecule has 1 aromatic rings. The second-order valence-corrected chi connectivity index (χ2v) is 7.42. The summed E-state index contributed by atoms with van der Waals surface area (Å²) < 4.78 is 2.37. The first-order valence-electron chi connectivity index (χ1n) is 5.51. The molecule has 82 valence electrons. The third-order valence-corrected chi connectivity index (χ3v) is 5.14. The van der Waals surface area contributed by atoms with Gasteiger partial charge in [0.15, 0.2) is 8.96 Å². The van der Waals surface area contributed by atoms with Crippen molar-refractivity contribution in [2.75, 3.05) is 14.1 Å². The molecule has 0 aliphatic rings. The van der Waals surface area contributed by atoms with E-state index in [1.165, 1.54) is 5.19 Å². The average Bonchev–Trinajstić information content (AvgIpc) is 2.18. The van der Waals surface area contributed by atoms with E-state index < -0.39 is 8.96 Å². The SMILES string of the molecule is CC(C)C=C[SiH](c1ccccc1)N(C)C. The zero-order valence-corrected chi connectivity index (χ0v) is 11.3. The first kappa shape index (κ1) is 12.2. The Morgan fingerprint density at radius 2 is 1.73 bits per heavy atom. The topological polar surface area (TPSA) is 3.24 Å². The standard InChI is InChI=1S/C13H21NSi/c1-12(2)10-11-15(14(3)4)13-8-6-5-7-9-13/h5-12,15H,1-4H3. The highest BCUT2D eigenvalue weighted by atomic mass is 28.3. The average molecular weight is 219 g/mol.